The summed E-state index contributed by atoms with van der Waals surface area (Å²) in [5.41, 5.74) is 1.36. The minimum atomic E-state index is -0.906. The van der Waals surface area contributed by atoms with E-state index in [0.717, 1.165) is 5.56 Å². The summed E-state index contributed by atoms with van der Waals surface area (Å²) >= 11 is 5.92. The number of hydrogen-bond donors (Lipinski definition) is 1. The van der Waals surface area contributed by atoms with E-state index < -0.39 is 29.6 Å². The van der Waals surface area contributed by atoms with Gasteiger partial charge in [0.1, 0.15) is 17.5 Å². The number of aryl methyl sites for hydroxylation is 1. The van der Waals surface area contributed by atoms with Crippen LogP contribution in [0.2, 0.25) is 5.02 Å². The maximum Gasteiger partial charge on any atom is 0.420 e. The molecule has 0 aliphatic rings. The SMILES string of the molecule is COC(=O)C(Cc1ccc(Cl)cc1)NC(=O)c1ccc2nc(C)n(C(=O)OC(C)(C)C)c2c1. The fraction of sp³-hybridized carbons (Fsp3) is 0.333. The number of nitrogens with one attached hydrogen (secondary N) is 1. The summed E-state index contributed by atoms with van der Waals surface area (Å²) in [5.74, 6) is -0.628. The molecule has 0 bridgehead atoms. The molecule has 9 heteroatoms. The van der Waals surface area contributed by atoms with Gasteiger partial charge in [-0.3, -0.25) is 4.79 Å². The van der Waals surface area contributed by atoms with Crippen molar-refractivity contribution in [2.75, 3.05) is 7.11 Å². The van der Waals surface area contributed by atoms with Gasteiger partial charge in [0.05, 0.1) is 18.1 Å². The molecule has 8 nitrogen and oxygen atoms in total. The standard InChI is InChI=1S/C24H26ClN3O5/c1-14-26-18-11-8-16(13-20(18)28(14)23(31)33-24(2,3)4)21(29)27-19(22(30)32-5)12-15-6-9-17(25)10-7-15/h6-11,13,19H,12H2,1-5H3,(H,27,29). The Labute approximate surface area is 196 Å². The Morgan fingerprint density at radius 1 is 1.12 bits per heavy atom. The highest BCUT2D eigenvalue weighted by Crippen LogP contribution is 2.20. The molecule has 0 saturated heterocycles. The predicted molar refractivity (Wildman–Crippen MR) is 125 cm³/mol. The molecule has 33 heavy (non-hydrogen) atoms. The zero-order valence-corrected chi connectivity index (χ0v) is 19.9. The molecule has 0 fully saturated rings. The second-order valence-electron chi connectivity index (χ2n) is 8.56. The van der Waals surface area contributed by atoms with Crippen LogP contribution in [0, 0.1) is 6.92 Å². The van der Waals surface area contributed by atoms with Gasteiger partial charge in [-0.05, 0) is 63.6 Å². The van der Waals surface area contributed by atoms with Crippen LogP contribution in [0.1, 0.15) is 42.5 Å². The third kappa shape index (κ3) is 5.90. The lowest BCUT2D eigenvalue weighted by Crippen LogP contribution is -2.43. The van der Waals surface area contributed by atoms with Gasteiger partial charge in [-0.1, -0.05) is 23.7 Å². The first-order valence-corrected chi connectivity index (χ1v) is 10.7. The predicted octanol–water partition coefficient (Wildman–Crippen LogP) is 4.30. The number of fused-ring (bicyclic) bond motifs is 1. The first-order chi connectivity index (χ1) is 15.5. The Bertz CT molecular complexity index is 1200. The largest absolute Gasteiger partial charge is 0.467 e. The van der Waals surface area contributed by atoms with Crippen molar-refractivity contribution in [3.63, 3.8) is 0 Å². The van der Waals surface area contributed by atoms with E-state index in [1.54, 1.807) is 70.2 Å². The number of hydrogen-bond acceptors (Lipinski definition) is 6. The van der Waals surface area contributed by atoms with Crippen LogP contribution in [-0.4, -0.2) is 46.3 Å². The molecule has 1 heterocycles. The molecule has 174 valence electrons. The van der Waals surface area contributed by atoms with Gasteiger partial charge < -0.3 is 14.8 Å². The molecule has 0 saturated carbocycles. The highest BCUT2D eigenvalue weighted by molar-refractivity contribution is 6.30. The molecule has 3 aromatic rings. The maximum atomic E-state index is 13.0. The molecular weight excluding hydrogens is 446 g/mol. The fourth-order valence-electron chi connectivity index (χ4n) is 3.31. The van der Waals surface area contributed by atoms with E-state index in [-0.39, 0.29) is 12.0 Å². The zero-order valence-electron chi connectivity index (χ0n) is 19.1. The maximum absolute atomic E-state index is 13.0. The van der Waals surface area contributed by atoms with Crippen LogP contribution in [0.25, 0.3) is 11.0 Å². The number of esters is 1. The molecule has 1 atom stereocenters. The lowest BCUT2D eigenvalue weighted by molar-refractivity contribution is -0.142. The van der Waals surface area contributed by atoms with E-state index in [4.69, 9.17) is 21.1 Å². The summed E-state index contributed by atoms with van der Waals surface area (Å²) in [4.78, 5) is 42.4. The van der Waals surface area contributed by atoms with Gasteiger partial charge in [0.2, 0.25) is 0 Å². The number of nitrogens with zero attached hydrogens (tertiary/aromatic N) is 2. The quantitative estimate of drug-likeness (QED) is 0.557. The van der Waals surface area contributed by atoms with Crippen molar-refractivity contribution in [3.8, 4) is 0 Å². The number of imidazole rings is 1. The number of methoxy groups -OCH3 is 1. The Morgan fingerprint density at radius 2 is 1.79 bits per heavy atom. The summed E-state index contributed by atoms with van der Waals surface area (Å²) < 4.78 is 11.7. The number of amides is 1. The van der Waals surface area contributed by atoms with Gasteiger partial charge in [0.25, 0.3) is 5.91 Å². The topological polar surface area (TPSA) is 99.5 Å². The molecule has 0 aliphatic carbocycles. The highest BCUT2D eigenvalue weighted by atomic mass is 35.5. The summed E-state index contributed by atoms with van der Waals surface area (Å²) in [6.07, 6.45) is -0.359. The van der Waals surface area contributed by atoms with Gasteiger partial charge in [0, 0.05) is 17.0 Å². The smallest absolute Gasteiger partial charge is 0.420 e. The molecule has 2 aromatic carbocycles. The number of benzene rings is 2. The van der Waals surface area contributed by atoms with Crippen molar-refractivity contribution in [1.82, 2.24) is 14.9 Å². The Hall–Kier alpha value is -3.39. The van der Waals surface area contributed by atoms with Crippen LogP contribution < -0.4 is 5.32 Å². The molecule has 0 radical (unpaired) electrons. The first-order valence-electron chi connectivity index (χ1n) is 10.3. The second-order valence-corrected chi connectivity index (χ2v) is 8.99. The first kappa shape index (κ1) is 24.3. The molecule has 1 aromatic heterocycles. The summed E-state index contributed by atoms with van der Waals surface area (Å²) in [7, 11) is 1.26. The van der Waals surface area contributed by atoms with Crippen molar-refractivity contribution in [2.45, 2.75) is 45.8 Å². The van der Waals surface area contributed by atoms with Crippen LogP contribution in [0.3, 0.4) is 0 Å². The van der Waals surface area contributed by atoms with E-state index in [2.05, 4.69) is 10.3 Å². The average Bonchev–Trinajstić information content (AvgIpc) is 3.07. The molecule has 0 spiro atoms. The Balaban J connectivity index is 1.88. The van der Waals surface area contributed by atoms with Crippen LogP contribution >= 0.6 is 11.6 Å². The van der Waals surface area contributed by atoms with Gasteiger partial charge in [-0.2, -0.15) is 0 Å². The molecular formula is C24H26ClN3O5. The van der Waals surface area contributed by atoms with Crippen LogP contribution in [0.15, 0.2) is 42.5 Å². The number of carbonyl (C=O) groups excluding carboxylic acids is 3. The van der Waals surface area contributed by atoms with Crippen LogP contribution in [0.4, 0.5) is 4.79 Å². The molecule has 0 aliphatic heterocycles. The number of ether oxygens (including phenoxy) is 2. The van der Waals surface area contributed by atoms with Gasteiger partial charge in [-0.25, -0.2) is 19.1 Å². The minimum absolute atomic E-state index is 0.229. The summed E-state index contributed by atoms with van der Waals surface area (Å²) in [6.45, 7) is 6.99. The second kappa shape index (κ2) is 9.62. The number of rotatable bonds is 5. The Morgan fingerprint density at radius 3 is 2.39 bits per heavy atom. The molecule has 1 unspecified atom stereocenters. The minimum Gasteiger partial charge on any atom is -0.467 e. The third-order valence-electron chi connectivity index (χ3n) is 4.80. The van der Waals surface area contributed by atoms with Crippen molar-refractivity contribution in [1.29, 1.82) is 0 Å². The number of halogens is 1. The molecule has 1 amide bonds. The van der Waals surface area contributed by atoms with Gasteiger partial charge >= 0.3 is 12.1 Å². The third-order valence-corrected chi connectivity index (χ3v) is 5.06. The lowest BCUT2D eigenvalue weighted by atomic mass is 10.1. The van der Waals surface area contributed by atoms with Crippen molar-refractivity contribution >= 4 is 40.6 Å². The highest BCUT2D eigenvalue weighted by Gasteiger charge is 2.25. The Kier molecular flexibility index (Phi) is 7.07. The monoisotopic (exact) mass is 471 g/mol. The molecule has 1 N–H and O–H groups in total. The van der Waals surface area contributed by atoms with Crippen molar-refractivity contribution < 1.29 is 23.9 Å². The zero-order chi connectivity index (χ0) is 24.3. The van der Waals surface area contributed by atoms with Crippen LogP contribution in [-0.2, 0) is 20.7 Å². The fourth-order valence-corrected chi connectivity index (χ4v) is 3.43. The normalized spacial score (nSPS) is 12.3. The van der Waals surface area contributed by atoms with Crippen molar-refractivity contribution in [3.05, 3.63) is 64.4 Å². The van der Waals surface area contributed by atoms with E-state index in [0.29, 0.717) is 21.9 Å². The van der Waals surface area contributed by atoms with E-state index >= 15 is 0 Å². The van der Waals surface area contributed by atoms with E-state index in [1.807, 2.05) is 0 Å². The van der Waals surface area contributed by atoms with Crippen molar-refractivity contribution in [2.24, 2.45) is 0 Å². The van der Waals surface area contributed by atoms with Gasteiger partial charge in [-0.15, -0.1) is 0 Å². The summed E-state index contributed by atoms with van der Waals surface area (Å²) in [6, 6.07) is 10.8. The summed E-state index contributed by atoms with van der Waals surface area (Å²) in [5, 5.41) is 3.29. The van der Waals surface area contributed by atoms with E-state index in [9.17, 15) is 14.4 Å². The number of carbonyl (C=O) groups is 3. The number of aromatic nitrogens is 2. The van der Waals surface area contributed by atoms with E-state index in [1.165, 1.54) is 11.7 Å². The van der Waals surface area contributed by atoms with Gasteiger partial charge in [0.15, 0.2) is 0 Å². The lowest BCUT2D eigenvalue weighted by Gasteiger charge is -2.20. The average molecular weight is 472 g/mol. The van der Waals surface area contributed by atoms with Crippen LogP contribution in [0.5, 0.6) is 0 Å². The molecule has 3 rings (SSSR count).